The second kappa shape index (κ2) is 10.5. The Morgan fingerprint density at radius 1 is 0.816 bits per heavy atom. The molecular weight excluding hydrogens is 490 g/mol. The van der Waals surface area contributed by atoms with E-state index in [1.165, 1.54) is 5.56 Å². The molecule has 2 aromatic carbocycles. The summed E-state index contributed by atoms with van der Waals surface area (Å²) in [5.41, 5.74) is 5.24. The van der Waals surface area contributed by atoms with Gasteiger partial charge in [0.1, 0.15) is 17.5 Å². The maximum absolute atomic E-state index is 6.06. The number of ether oxygens (including phenoxy) is 1. The van der Waals surface area contributed by atoms with Gasteiger partial charge in [-0.1, -0.05) is 29.8 Å². The predicted molar refractivity (Wildman–Crippen MR) is 153 cm³/mol. The highest BCUT2D eigenvalue weighted by Crippen LogP contribution is 2.42. The molecule has 38 heavy (non-hydrogen) atoms. The Morgan fingerprint density at radius 2 is 1.53 bits per heavy atom. The zero-order valence-corrected chi connectivity index (χ0v) is 21.8. The Morgan fingerprint density at radius 3 is 2.21 bits per heavy atom. The van der Waals surface area contributed by atoms with E-state index in [4.69, 9.17) is 17.0 Å². The summed E-state index contributed by atoms with van der Waals surface area (Å²) in [4.78, 5) is 11.4. The maximum atomic E-state index is 6.06. The van der Waals surface area contributed by atoms with E-state index in [0.29, 0.717) is 11.7 Å². The van der Waals surface area contributed by atoms with Gasteiger partial charge in [-0.05, 0) is 91.9 Å². The van der Waals surface area contributed by atoms with Gasteiger partial charge < -0.3 is 19.5 Å². The third kappa shape index (κ3) is 4.88. The van der Waals surface area contributed by atoms with Crippen LogP contribution in [0.1, 0.15) is 34.7 Å². The van der Waals surface area contributed by atoms with Crippen molar-refractivity contribution in [1.29, 1.82) is 0 Å². The van der Waals surface area contributed by atoms with Crippen molar-refractivity contribution >= 4 is 23.0 Å². The molecule has 6 nitrogen and oxygen atoms in total. The highest BCUT2D eigenvalue weighted by atomic mass is 32.1. The van der Waals surface area contributed by atoms with Crippen LogP contribution in [0.3, 0.4) is 0 Å². The molecule has 7 heteroatoms. The van der Waals surface area contributed by atoms with Crippen LogP contribution in [0.25, 0.3) is 0 Å². The average molecular weight is 518 g/mol. The second-order valence-corrected chi connectivity index (χ2v) is 9.67. The zero-order valence-electron chi connectivity index (χ0n) is 20.9. The Kier molecular flexibility index (Phi) is 6.58. The SMILES string of the molecule is Cc1ccc(Oc2ccc(N3C(=S)N[C@H](c4ccccn4)[C@@H]3c3cccn3Cc3ccccn3)cc2)cc1. The summed E-state index contributed by atoms with van der Waals surface area (Å²) in [5, 5.41) is 4.20. The van der Waals surface area contributed by atoms with Crippen LogP contribution < -0.4 is 15.0 Å². The van der Waals surface area contributed by atoms with Gasteiger partial charge in [-0.15, -0.1) is 0 Å². The number of rotatable bonds is 7. The molecule has 0 radical (unpaired) electrons. The molecule has 0 aliphatic carbocycles. The van der Waals surface area contributed by atoms with Crippen LogP contribution in [0.4, 0.5) is 5.69 Å². The first-order valence-corrected chi connectivity index (χ1v) is 13.0. The van der Waals surface area contributed by atoms with Crippen LogP contribution in [0.2, 0.25) is 0 Å². The Labute approximate surface area is 227 Å². The summed E-state index contributed by atoms with van der Waals surface area (Å²) in [6, 6.07) is 32.1. The lowest BCUT2D eigenvalue weighted by atomic mass is 10.0. The highest BCUT2D eigenvalue weighted by molar-refractivity contribution is 7.80. The summed E-state index contributed by atoms with van der Waals surface area (Å²) in [7, 11) is 0. The van der Waals surface area contributed by atoms with Crippen molar-refractivity contribution in [2.45, 2.75) is 25.6 Å². The Balaban J connectivity index is 1.35. The molecule has 0 spiro atoms. The summed E-state index contributed by atoms with van der Waals surface area (Å²) in [6.07, 6.45) is 5.75. The molecule has 0 saturated carbocycles. The molecule has 188 valence electrons. The first-order valence-electron chi connectivity index (χ1n) is 12.6. The maximum Gasteiger partial charge on any atom is 0.174 e. The number of hydrogen-bond donors (Lipinski definition) is 1. The van der Waals surface area contributed by atoms with Gasteiger partial charge in [-0.2, -0.15) is 0 Å². The average Bonchev–Trinajstić information content (AvgIpc) is 3.55. The number of anilines is 1. The van der Waals surface area contributed by atoms with Gasteiger partial charge in [0.2, 0.25) is 0 Å². The topological polar surface area (TPSA) is 55.2 Å². The van der Waals surface area contributed by atoms with Crippen molar-refractivity contribution in [2.24, 2.45) is 0 Å². The first-order chi connectivity index (χ1) is 18.7. The van der Waals surface area contributed by atoms with Crippen LogP contribution in [0.15, 0.2) is 116 Å². The van der Waals surface area contributed by atoms with Gasteiger partial charge in [0.05, 0.1) is 24.0 Å². The van der Waals surface area contributed by atoms with Gasteiger partial charge in [0.25, 0.3) is 0 Å². The first kappa shape index (κ1) is 23.9. The summed E-state index contributed by atoms with van der Waals surface area (Å²) in [6.45, 7) is 2.73. The quantitative estimate of drug-likeness (QED) is 0.245. The highest BCUT2D eigenvalue weighted by Gasteiger charge is 2.42. The molecule has 1 aliphatic rings. The molecule has 5 aromatic rings. The number of aromatic nitrogens is 3. The van der Waals surface area contributed by atoms with E-state index in [9.17, 15) is 0 Å². The molecular formula is C31H27N5OS. The lowest BCUT2D eigenvalue weighted by Crippen LogP contribution is -2.30. The number of aryl methyl sites for hydroxylation is 1. The van der Waals surface area contributed by atoms with E-state index < -0.39 is 0 Å². The van der Waals surface area contributed by atoms with E-state index in [2.05, 4.69) is 62.1 Å². The normalized spacial score (nSPS) is 16.9. The van der Waals surface area contributed by atoms with Crippen LogP contribution in [-0.2, 0) is 6.54 Å². The molecule has 1 fully saturated rings. The van der Waals surface area contributed by atoms with Gasteiger partial charge >= 0.3 is 0 Å². The molecule has 0 unspecified atom stereocenters. The van der Waals surface area contributed by atoms with Crippen molar-refractivity contribution in [1.82, 2.24) is 19.9 Å². The summed E-state index contributed by atoms with van der Waals surface area (Å²) < 4.78 is 8.30. The zero-order chi connectivity index (χ0) is 25.9. The number of benzene rings is 2. The van der Waals surface area contributed by atoms with Gasteiger partial charge in [-0.25, -0.2) is 0 Å². The summed E-state index contributed by atoms with van der Waals surface area (Å²) in [5.74, 6) is 1.58. The monoisotopic (exact) mass is 517 g/mol. The molecule has 1 saturated heterocycles. The lowest BCUT2D eigenvalue weighted by Gasteiger charge is -2.29. The van der Waals surface area contributed by atoms with Gasteiger partial charge in [0.15, 0.2) is 5.11 Å². The largest absolute Gasteiger partial charge is 0.457 e. The molecule has 0 amide bonds. The minimum Gasteiger partial charge on any atom is -0.457 e. The Hall–Kier alpha value is -4.49. The van der Waals surface area contributed by atoms with Crippen molar-refractivity contribution in [3.63, 3.8) is 0 Å². The second-order valence-electron chi connectivity index (χ2n) is 9.29. The van der Waals surface area contributed by atoms with E-state index in [1.807, 2.05) is 85.2 Å². The van der Waals surface area contributed by atoms with E-state index in [-0.39, 0.29) is 12.1 Å². The lowest BCUT2D eigenvalue weighted by molar-refractivity contribution is 0.482. The number of pyridine rings is 2. The third-order valence-corrected chi connectivity index (χ3v) is 7.01. The van der Waals surface area contributed by atoms with E-state index >= 15 is 0 Å². The standard InChI is InChI=1S/C31H27N5OS/c1-22-10-14-25(15-11-22)37-26-16-12-24(13-17-26)36-30(29(34-31(36)38)27-8-3-5-19-33-27)28-9-6-20-35(28)21-23-7-2-4-18-32-23/h2-20,29-30H,21H2,1H3,(H,34,38)/t29-,30+/m1/s1. The molecule has 6 rings (SSSR count). The minimum atomic E-state index is -0.121. The predicted octanol–water partition coefficient (Wildman–Crippen LogP) is 6.60. The molecule has 0 bridgehead atoms. The van der Waals surface area contributed by atoms with E-state index in [0.717, 1.165) is 34.3 Å². The Bertz CT molecular complexity index is 1520. The fraction of sp³-hybridized carbons (Fsp3) is 0.129. The molecule has 2 atom stereocenters. The van der Waals surface area contributed by atoms with Crippen LogP contribution in [-0.4, -0.2) is 19.6 Å². The molecule has 3 aromatic heterocycles. The summed E-state index contributed by atoms with van der Waals surface area (Å²) >= 11 is 5.91. The third-order valence-electron chi connectivity index (χ3n) is 6.70. The van der Waals surface area contributed by atoms with Gasteiger partial charge in [0, 0.05) is 30.0 Å². The molecule has 4 heterocycles. The number of hydrogen-bond acceptors (Lipinski definition) is 4. The smallest absolute Gasteiger partial charge is 0.174 e. The van der Waals surface area contributed by atoms with Crippen LogP contribution >= 0.6 is 12.2 Å². The fourth-order valence-electron chi connectivity index (χ4n) is 4.86. The number of nitrogens with zero attached hydrogens (tertiary/aromatic N) is 4. The number of thiocarbonyl (C=S) groups is 1. The fourth-order valence-corrected chi connectivity index (χ4v) is 5.20. The van der Waals surface area contributed by atoms with Crippen molar-refractivity contribution in [3.05, 3.63) is 138 Å². The van der Waals surface area contributed by atoms with Crippen molar-refractivity contribution < 1.29 is 4.74 Å². The minimum absolute atomic E-state index is 0.111. The molecule has 1 N–H and O–H groups in total. The number of nitrogens with one attached hydrogen (secondary N) is 1. The molecule has 1 aliphatic heterocycles. The van der Waals surface area contributed by atoms with Crippen molar-refractivity contribution in [3.8, 4) is 11.5 Å². The van der Waals surface area contributed by atoms with Gasteiger partial charge in [-0.3, -0.25) is 9.97 Å². The van der Waals surface area contributed by atoms with Crippen molar-refractivity contribution in [2.75, 3.05) is 4.90 Å². The van der Waals surface area contributed by atoms with Crippen LogP contribution in [0, 0.1) is 6.92 Å². The van der Waals surface area contributed by atoms with Crippen LogP contribution in [0.5, 0.6) is 11.5 Å². The van der Waals surface area contributed by atoms with E-state index in [1.54, 1.807) is 0 Å².